The Bertz CT molecular complexity index is 810. The minimum Gasteiger partial charge on any atom is -0.349 e. The zero-order valence-electron chi connectivity index (χ0n) is 14.4. The van der Waals surface area contributed by atoms with Gasteiger partial charge in [0.2, 0.25) is 0 Å². The lowest BCUT2D eigenvalue weighted by atomic mass is 10.1. The zero-order chi connectivity index (χ0) is 20.4. The van der Waals surface area contributed by atoms with E-state index in [2.05, 4.69) is 10.4 Å². The fourth-order valence-corrected chi connectivity index (χ4v) is 2.60. The van der Waals surface area contributed by atoms with Crippen LogP contribution in [-0.4, -0.2) is 21.7 Å². The summed E-state index contributed by atoms with van der Waals surface area (Å²) in [7, 11) is 0. The van der Waals surface area contributed by atoms with E-state index in [0.717, 1.165) is 24.6 Å². The maximum Gasteiger partial charge on any atom is 0.434 e. The fourth-order valence-electron chi connectivity index (χ4n) is 2.60. The van der Waals surface area contributed by atoms with Gasteiger partial charge in [-0.15, -0.1) is 0 Å². The molecule has 1 unspecified atom stereocenters. The number of benzene rings is 1. The van der Waals surface area contributed by atoms with Crippen molar-refractivity contribution in [1.82, 2.24) is 15.1 Å². The number of halogens is 6. The number of nitrogens with zero attached hydrogens (tertiary/aromatic N) is 2. The van der Waals surface area contributed by atoms with E-state index in [1.165, 1.54) is 0 Å². The van der Waals surface area contributed by atoms with Crippen LogP contribution in [0.25, 0.3) is 5.69 Å². The van der Waals surface area contributed by atoms with Gasteiger partial charge in [-0.1, -0.05) is 19.4 Å². The summed E-state index contributed by atoms with van der Waals surface area (Å²) in [5.74, 6) is -0.985. The van der Waals surface area contributed by atoms with Crippen molar-refractivity contribution in [1.29, 1.82) is 0 Å². The van der Waals surface area contributed by atoms with Crippen LogP contribution in [0.5, 0.6) is 0 Å². The molecule has 4 nitrogen and oxygen atoms in total. The number of amides is 1. The Labute approximate surface area is 151 Å². The quantitative estimate of drug-likeness (QED) is 0.740. The number of aromatic nitrogens is 2. The molecule has 1 aromatic carbocycles. The highest BCUT2D eigenvalue weighted by Crippen LogP contribution is 2.35. The molecule has 2 aromatic rings. The summed E-state index contributed by atoms with van der Waals surface area (Å²) in [6.07, 6.45) is -7.73. The van der Waals surface area contributed by atoms with Crippen molar-refractivity contribution in [3.63, 3.8) is 0 Å². The van der Waals surface area contributed by atoms with Crippen LogP contribution in [0, 0.1) is 0 Å². The molecule has 0 saturated heterocycles. The van der Waals surface area contributed by atoms with Crippen LogP contribution in [0.4, 0.5) is 26.3 Å². The average Bonchev–Trinajstić information content (AvgIpc) is 2.99. The molecular formula is C17H17F6N3O. The first-order chi connectivity index (χ1) is 12.4. The topological polar surface area (TPSA) is 46.9 Å². The predicted octanol–water partition coefficient (Wildman–Crippen LogP) is 4.83. The Kier molecular flexibility index (Phi) is 5.86. The molecule has 0 spiro atoms. The summed E-state index contributed by atoms with van der Waals surface area (Å²) in [6.45, 7) is 3.50. The van der Waals surface area contributed by atoms with Gasteiger partial charge in [0.05, 0.1) is 23.0 Å². The Hall–Kier alpha value is -2.52. The van der Waals surface area contributed by atoms with Crippen molar-refractivity contribution in [2.24, 2.45) is 0 Å². The smallest absolute Gasteiger partial charge is 0.349 e. The van der Waals surface area contributed by atoms with Crippen molar-refractivity contribution >= 4 is 5.91 Å². The van der Waals surface area contributed by atoms with Gasteiger partial charge in [-0.05, 0) is 31.5 Å². The van der Waals surface area contributed by atoms with E-state index < -0.39 is 40.8 Å². The average molecular weight is 393 g/mol. The molecule has 0 aliphatic rings. The lowest BCUT2D eigenvalue weighted by Crippen LogP contribution is -2.33. The van der Waals surface area contributed by atoms with Gasteiger partial charge in [0.1, 0.15) is 0 Å². The Balaban J connectivity index is 2.51. The number of hydrogen-bond donors (Lipinski definition) is 1. The number of rotatable bonds is 5. The molecular weight excluding hydrogens is 376 g/mol. The molecule has 1 aromatic heterocycles. The van der Waals surface area contributed by atoms with E-state index in [9.17, 15) is 31.1 Å². The Morgan fingerprint density at radius 2 is 1.85 bits per heavy atom. The molecule has 2 rings (SSSR count). The van der Waals surface area contributed by atoms with E-state index in [4.69, 9.17) is 0 Å². The maximum atomic E-state index is 13.5. The van der Waals surface area contributed by atoms with Crippen molar-refractivity contribution in [2.45, 2.75) is 45.1 Å². The van der Waals surface area contributed by atoms with Crippen LogP contribution < -0.4 is 5.32 Å². The molecule has 0 radical (unpaired) electrons. The van der Waals surface area contributed by atoms with E-state index >= 15 is 0 Å². The van der Waals surface area contributed by atoms with Crippen LogP contribution in [-0.2, 0) is 12.4 Å². The van der Waals surface area contributed by atoms with E-state index in [1.54, 1.807) is 6.92 Å². The third-order valence-corrected chi connectivity index (χ3v) is 3.80. The fraction of sp³-hybridized carbons (Fsp3) is 0.412. The van der Waals surface area contributed by atoms with E-state index in [-0.39, 0.29) is 6.04 Å². The second-order valence-corrected chi connectivity index (χ2v) is 6.03. The van der Waals surface area contributed by atoms with Crippen LogP contribution in [0.2, 0.25) is 0 Å². The zero-order valence-corrected chi connectivity index (χ0v) is 14.4. The van der Waals surface area contributed by atoms with E-state index in [0.29, 0.717) is 23.4 Å². The van der Waals surface area contributed by atoms with Gasteiger partial charge in [-0.25, -0.2) is 4.68 Å². The number of nitrogens with one attached hydrogen (secondary N) is 1. The molecule has 1 amide bonds. The van der Waals surface area contributed by atoms with Crippen LogP contribution in [0.15, 0.2) is 30.5 Å². The van der Waals surface area contributed by atoms with Gasteiger partial charge in [0.25, 0.3) is 5.91 Å². The first-order valence-corrected chi connectivity index (χ1v) is 8.08. The minimum atomic E-state index is -4.99. The maximum absolute atomic E-state index is 13.5. The van der Waals surface area contributed by atoms with Gasteiger partial charge in [0.15, 0.2) is 5.69 Å². The predicted molar refractivity (Wildman–Crippen MR) is 85.4 cm³/mol. The lowest BCUT2D eigenvalue weighted by molar-refractivity contribution is -0.143. The van der Waals surface area contributed by atoms with Crippen molar-refractivity contribution < 1.29 is 31.1 Å². The molecule has 0 bridgehead atoms. The summed E-state index contributed by atoms with van der Waals surface area (Å²) < 4.78 is 79.5. The molecule has 10 heteroatoms. The summed E-state index contributed by atoms with van der Waals surface area (Å²) in [6, 6.07) is 2.95. The van der Waals surface area contributed by atoms with Gasteiger partial charge < -0.3 is 5.32 Å². The van der Waals surface area contributed by atoms with Crippen LogP contribution >= 0.6 is 0 Å². The number of hydrogen-bond acceptors (Lipinski definition) is 2. The highest BCUT2D eigenvalue weighted by molar-refractivity contribution is 5.95. The molecule has 1 atom stereocenters. The molecule has 1 heterocycles. The molecule has 27 heavy (non-hydrogen) atoms. The summed E-state index contributed by atoms with van der Waals surface area (Å²) in [5.41, 5.74) is -3.74. The van der Waals surface area contributed by atoms with Crippen LogP contribution in [0.3, 0.4) is 0 Å². The summed E-state index contributed by atoms with van der Waals surface area (Å²) in [4.78, 5) is 12.2. The molecule has 0 aliphatic carbocycles. The third-order valence-electron chi connectivity index (χ3n) is 3.80. The third kappa shape index (κ3) is 4.81. The summed E-state index contributed by atoms with van der Waals surface area (Å²) >= 11 is 0. The normalized spacial score (nSPS) is 13.5. The molecule has 148 valence electrons. The highest BCUT2D eigenvalue weighted by atomic mass is 19.4. The molecule has 1 N–H and O–H groups in total. The van der Waals surface area contributed by atoms with Gasteiger partial charge >= 0.3 is 12.4 Å². The van der Waals surface area contributed by atoms with Gasteiger partial charge in [0, 0.05) is 6.04 Å². The first-order valence-electron chi connectivity index (χ1n) is 8.08. The minimum absolute atomic E-state index is 0.300. The molecule has 0 aliphatic heterocycles. The molecule has 0 fully saturated rings. The Morgan fingerprint density at radius 3 is 2.41 bits per heavy atom. The second kappa shape index (κ2) is 7.61. The van der Waals surface area contributed by atoms with Gasteiger partial charge in [-0.3, -0.25) is 4.79 Å². The van der Waals surface area contributed by atoms with Crippen molar-refractivity contribution in [3.05, 3.63) is 47.3 Å². The molecule has 0 saturated carbocycles. The van der Waals surface area contributed by atoms with Gasteiger partial charge in [-0.2, -0.15) is 31.4 Å². The lowest BCUT2D eigenvalue weighted by Gasteiger charge is -2.16. The standard InChI is InChI=1S/C17H17F6N3O/c1-3-5-10(2)25-15(27)13-9-24-26(14(13)17(21,22)23)12-7-4-6-11(8-12)16(18,19)20/h4,6-10H,3,5H2,1-2H3,(H,25,27). The number of carbonyl (C=O) groups excluding carboxylic acids is 1. The van der Waals surface area contributed by atoms with Crippen molar-refractivity contribution in [2.75, 3.05) is 0 Å². The van der Waals surface area contributed by atoms with E-state index in [1.807, 2.05) is 6.92 Å². The number of carbonyl (C=O) groups is 1. The highest BCUT2D eigenvalue weighted by Gasteiger charge is 2.41. The van der Waals surface area contributed by atoms with Crippen LogP contribution in [0.1, 0.15) is 48.3 Å². The summed E-state index contributed by atoms with van der Waals surface area (Å²) in [5, 5.41) is 5.96. The largest absolute Gasteiger partial charge is 0.434 e. The Morgan fingerprint density at radius 1 is 1.19 bits per heavy atom. The first kappa shape index (κ1) is 20.8. The SMILES string of the molecule is CCCC(C)NC(=O)c1cnn(-c2cccc(C(F)(F)F)c2)c1C(F)(F)F. The number of alkyl halides is 6. The van der Waals surface area contributed by atoms with Crippen molar-refractivity contribution in [3.8, 4) is 5.69 Å². The second-order valence-electron chi connectivity index (χ2n) is 6.03. The monoisotopic (exact) mass is 393 g/mol.